The number of hydrogen-bond acceptors (Lipinski definition) is 2. The molecule has 1 aliphatic carbocycles. The lowest BCUT2D eigenvalue weighted by Crippen LogP contribution is -2.43. The van der Waals surface area contributed by atoms with Gasteiger partial charge in [0.05, 0.1) is 0 Å². The molecule has 18 heavy (non-hydrogen) atoms. The van der Waals surface area contributed by atoms with Crippen LogP contribution in [0.2, 0.25) is 0 Å². The molecular weight excluding hydrogens is 224 g/mol. The van der Waals surface area contributed by atoms with Crippen LogP contribution in [0.4, 0.5) is 0 Å². The molecule has 1 fully saturated rings. The molecule has 0 aromatic heterocycles. The highest BCUT2D eigenvalue weighted by Crippen LogP contribution is 2.28. The van der Waals surface area contributed by atoms with Gasteiger partial charge in [0.2, 0.25) is 5.91 Å². The molecule has 1 amide bonds. The quantitative estimate of drug-likeness (QED) is 0.792. The van der Waals surface area contributed by atoms with Crippen LogP contribution in [0.3, 0.4) is 0 Å². The normalized spacial score (nSPS) is 31.7. The monoisotopic (exact) mass is 254 g/mol. The van der Waals surface area contributed by atoms with Crippen LogP contribution in [-0.2, 0) is 4.79 Å². The van der Waals surface area contributed by atoms with Crippen molar-refractivity contribution in [1.29, 1.82) is 0 Å². The first kappa shape index (κ1) is 15.5. The minimum atomic E-state index is 0.180. The average Bonchev–Trinajstić information content (AvgIpc) is 2.32. The van der Waals surface area contributed by atoms with Crippen molar-refractivity contribution >= 4 is 5.91 Å². The summed E-state index contributed by atoms with van der Waals surface area (Å²) < 4.78 is 0. The molecule has 1 rings (SSSR count). The number of carbonyl (C=O) groups is 1. The Kier molecular flexibility index (Phi) is 6.13. The number of amides is 1. The average molecular weight is 254 g/mol. The molecule has 5 unspecified atom stereocenters. The molecule has 3 nitrogen and oxygen atoms in total. The Balaban J connectivity index is 2.36. The summed E-state index contributed by atoms with van der Waals surface area (Å²) in [6.07, 6.45) is 5.13. The maximum absolute atomic E-state index is 12.2. The van der Waals surface area contributed by atoms with E-state index in [0.29, 0.717) is 17.9 Å². The first-order chi connectivity index (χ1) is 8.43. The number of nitrogens with one attached hydrogen (secondary N) is 1. The molecular formula is C15H30N2O. The fraction of sp³-hybridized carbons (Fsp3) is 0.933. The maximum Gasteiger partial charge on any atom is 0.223 e. The van der Waals surface area contributed by atoms with Gasteiger partial charge in [0.15, 0.2) is 0 Å². The molecule has 1 aliphatic rings. The minimum Gasteiger partial charge on any atom is -0.353 e. The SMILES string of the molecule is CCC(C)CC(C)NC(=O)C1CCC(N)C(C)C1. The van der Waals surface area contributed by atoms with Gasteiger partial charge in [-0.05, 0) is 44.4 Å². The van der Waals surface area contributed by atoms with Crippen molar-refractivity contribution in [2.45, 2.75) is 71.9 Å². The fourth-order valence-corrected chi connectivity index (χ4v) is 2.85. The molecule has 0 radical (unpaired) electrons. The molecule has 0 bridgehead atoms. The van der Waals surface area contributed by atoms with E-state index in [-0.39, 0.29) is 17.9 Å². The molecule has 0 saturated heterocycles. The minimum absolute atomic E-state index is 0.180. The lowest BCUT2D eigenvalue weighted by atomic mass is 9.79. The van der Waals surface area contributed by atoms with Crippen LogP contribution in [-0.4, -0.2) is 18.0 Å². The van der Waals surface area contributed by atoms with E-state index in [1.54, 1.807) is 0 Å². The van der Waals surface area contributed by atoms with Gasteiger partial charge in [-0.3, -0.25) is 4.79 Å². The standard InChI is InChI=1S/C15H30N2O/c1-5-10(2)8-12(4)17-15(18)13-6-7-14(16)11(3)9-13/h10-14H,5-9,16H2,1-4H3,(H,17,18). The van der Waals surface area contributed by atoms with Gasteiger partial charge in [0.25, 0.3) is 0 Å². The summed E-state index contributed by atoms with van der Waals surface area (Å²) in [7, 11) is 0. The molecule has 0 spiro atoms. The maximum atomic E-state index is 12.2. The second-order valence-electron chi connectivity index (χ2n) is 6.31. The first-order valence-electron chi connectivity index (χ1n) is 7.50. The summed E-state index contributed by atoms with van der Waals surface area (Å²) in [5, 5.41) is 3.17. The first-order valence-corrected chi connectivity index (χ1v) is 7.50. The number of carbonyl (C=O) groups excluding carboxylic acids is 1. The zero-order valence-corrected chi connectivity index (χ0v) is 12.4. The molecule has 3 heteroatoms. The third-order valence-corrected chi connectivity index (χ3v) is 4.45. The Labute approximate surface area is 112 Å². The van der Waals surface area contributed by atoms with E-state index >= 15 is 0 Å². The van der Waals surface area contributed by atoms with Gasteiger partial charge >= 0.3 is 0 Å². The van der Waals surface area contributed by atoms with Gasteiger partial charge < -0.3 is 11.1 Å². The summed E-state index contributed by atoms with van der Waals surface area (Å²) in [4.78, 5) is 12.2. The van der Waals surface area contributed by atoms with Crippen LogP contribution in [0.1, 0.15) is 59.8 Å². The fourth-order valence-electron chi connectivity index (χ4n) is 2.85. The Bertz CT molecular complexity index is 267. The third kappa shape index (κ3) is 4.60. The van der Waals surface area contributed by atoms with E-state index in [2.05, 4.69) is 33.0 Å². The number of nitrogens with two attached hydrogens (primary N) is 1. The van der Waals surface area contributed by atoms with E-state index in [0.717, 1.165) is 25.7 Å². The van der Waals surface area contributed by atoms with Gasteiger partial charge in [0, 0.05) is 18.0 Å². The third-order valence-electron chi connectivity index (χ3n) is 4.45. The molecule has 0 heterocycles. The summed E-state index contributed by atoms with van der Waals surface area (Å²) in [6.45, 7) is 8.71. The Morgan fingerprint density at radius 3 is 2.61 bits per heavy atom. The summed E-state index contributed by atoms with van der Waals surface area (Å²) in [5.41, 5.74) is 5.99. The van der Waals surface area contributed by atoms with Crippen LogP contribution >= 0.6 is 0 Å². The van der Waals surface area contributed by atoms with Gasteiger partial charge in [-0.25, -0.2) is 0 Å². The highest BCUT2D eigenvalue weighted by molar-refractivity contribution is 5.79. The highest BCUT2D eigenvalue weighted by atomic mass is 16.1. The number of hydrogen-bond donors (Lipinski definition) is 2. The molecule has 1 saturated carbocycles. The van der Waals surface area contributed by atoms with E-state index < -0.39 is 0 Å². The van der Waals surface area contributed by atoms with Crippen molar-refractivity contribution in [2.75, 3.05) is 0 Å². The second-order valence-corrected chi connectivity index (χ2v) is 6.31. The molecule has 0 aliphatic heterocycles. The predicted molar refractivity (Wildman–Crippen MR) is 76.2 cm³/mol. The predicted octanol–water partition coefficient (Wildman–Crippen LogP) is 2.69. The lowest BCUT2D eigenvalue weighted by molar-refractivity contribution is -0.127. The second kappa shape index (κ2) is 7.13. The zero-order valence-electron chi connectivity index (χ0n) is 12.4. The molecule has 0 aromatic rings. The van der Waals surface area contributed by atoms with Crippen molar-refractivity contribution in [3.63, 3.8) is 0 Å². The van der Waals surface area contributed by atoms with E-state index in [1.165, 1.54) is 6.42 Å². The van der Waals surface area contributed by atoms with Gasteiger partial charge in [0.1, 0.15) is 0 Å². The van der Waals surface area contributed by atoms with Crippen molar-refractivity contribution < 1.29 is 4.79 Å². The summed E-state index contributed by atoms with van der Waals surface area (Å²) >= 11 is 0. The van der Waals surface area contributed by atoms with Crippen LogP contribution in [0.25, 0.3) is 0 Å². The van der Waals surface area contributed by atoms with Crippen LogP contribution < -0.4 is 11.1 Å². The van der Waals surface area contributed by atoms with Gasteiger partial charge in [-0.1, -0.05) is 27.2 Å². The molecule has 0 aromatic carbocycles. The van der Waals surface area contributed by atoms with E-state index in [9.17, 15) is 4.79 Å². The lowest BCUT2D eigenvalue weighted by Gasteiger charge is -2.32. The number of rotatable bonds is 5. The topological polar surface area (TPSA) is 55.1 Å². The van der Waals surface area contributed by atoms with Gasteiger partial charge in [-0.2, -0.15) is 0 Å². The van der Waals surface area contributed by atoms with Gasteiger partial charge in [-0.15, -0.1) is 0 Å². The van der Waals surface area contributed by atoms with Crippen molar-refractivity contribution in [3.05, 3.63) is 0 Å². The Hall–Kier alpha value is -0.570. The Morgan fingerprint density at radius 2 is 2.06 bits per heavy atom. The van der Waals surface area contributed by atoms with Crippen LogP contribution in [0, 0.1) is 17.8 Å². The van der Waals surface area contributed by atoms with Crippen molar-refractivity contribution in [1.82, 2.24) is 5.32 Å². The molecule has 5 atom stereocenters. The highest BCUT2D eigenvalue weighted by Gasteiger charge is 2.29. The summed E-state index contributed by atoms with van der Waals surface area (Å²) in [6, 6.07) is 0.574. The van der Waals surface area contributed by atoms with E-state index in [4.69, 9.17) is 5.73 Å². The van der Waals surface area contributed by atoms with Crippen molar-refractivity contribution in [3.8, 4) is 0 Å². The van der Waals surface area contributed by atoms with E-state index in [1.807, 2.05) is 0 Å². The smallest absolute Gasteiger partial charge is 0.223 e. The Morgan fingerprint density at radius 1 is 1.39 bits per heavy atom. The zero-order chi connectivity index (χ0) is 13.7. The molecule has 106 valence electrons. The van der Waals surface area contributed by atoms with Crippen LogP contribution in [0.5, 0.6) is 0 Å². The van der Waals surface area contributed by atoms with Crippen LogP contribution in [0.15, 0.2) is 0 Å². The molecule has 3 N–H and O–H groups in total. The summed E-state index contributed by atoms with van der Waals surface area (Å²) in [5.74, 6) is 1.57. The van der Waals surface area contributed by atoms with Crippen molar-refractivity contribution in [2.24, 2.45) is 23.5 Å². The largest absolute Gasteiger partial charge is 0.353 e.